The van der Waals surface area contributed by atoms with E-state index >= 15 is 0 Å². The zero-order valence-corrected chi connectivity index (χ0v) is 10.2. The van der Waals surface area contributed by atoms with Crippen LogP contribution in [0, 0.1) is 0 Å². The van der Waals surface area contributed by atoms with E-state index < -0.39 is 0 Å². The highest BCUT2D eigenvalue weighted by molar-refractivity contribution is 5.77. The lowest BCUT2D eigenvalue weighted by Crippen LogP contribution is -2.40. The van der Waals surface area contributed by atoms with Crippen LogP contribution < -0.4 is 5.32 Å². The number of ether oxygens (including phenoxy) is 2. The van der Waals surface area contributed by atoms with Crippen LogP contribution in [0.4, 0.5) is 0 Å². The molecule has 15 heavy (non-hydrogen) atoms. The predicted octanol–water partition coefficient (Wildman–Crippen LogP) is 1.34. The summed E-state index contributed by atoms with van der Waals surface area (Å²) in [6.07, 6.45) is 2.04. The Morgan fingerprint density at radius 3 is 2.53 bits per heavy atom. The molecule has 0 bridgehead atoms. The molecular formula is C11H23NO3. The highest BCUT2D eigenvalue weighted by Crippen LogP contribution is 1.97. The lowest BCUT2D eigenvalue weighted by Gasteiger charge is -2.17. The van der Waals surface area contributed by atoms with Gasteiger partial charge in [0.25, 0.3) is 0 Å². The number of rotatable bonds is 8. The Balaban J connectivity index is 3.77. The minimum atomic E-state index is -0.0702. The van der Waals surface area contributed by atoms with E-state index in [1.807, 2.05) is 13.8 Å². The summed E-state index contributed by atoms with van der Waals surface area (Å²) in [5.41, 5.74) is 0. The Morgan fingerprint density at radius 2 is 2.07 bits per heavy atom. The van der Waals surface area contributed by atoms with E-state index in [-0.39, 0.29) is 24.7 Å². The summed E-state index contributed by atoms with van der Waals surface area (Å²) in [5, 5.41) is 2.89. The molecule has 0 radical (unpaired) electrons. The minimum Gasteiger partial charge on any atom is -0.383 e. The quantitative estimate of drug-likeness (QED) is 0.667. The van der Waals surface area contributed by atoms with Crippen LogP contribution in [0.3, 0.4) is 0 Å². The van der Waals surface area contributed by atoms with Crippen LogP contribution in [-0.4, -0.2) is 38.4 Å². The first-order chi connectivity index (χ1) is 7.10. The van der Waals surface area contributed by atoms with Gasteiger partial charge in [0.15, 0.2) is 0 Å². The summed E-state index contributed by atoms with van der Waals surface area (Å²) >= 11 is 0. The zero-order chi connectivity index (χ0) is 11.7. The highest BCUT2D eigenvalue weighted by Gasteiger charge is 2.11. The Hall–Kier alpha value is -0.610. The lowest BCUT2D eigenvalue weighted by atomic mass is 10.2. The molecule has 4 heteroatoms. The van der Waals surface area contributed by atoms with Crippen molar-refractivity contribution in [3.8, 4) is 0 Å². The van der Waals surface area contributed by atoms with E-state index in [9.17, 15) is 4.79 Å². The molecule has 0 aromatic heterocycles. The molecule has 0 aliphatic carbocycles. The van der Waals surface area contributed by atoms with Gasteiger partial charge in [0.2, 0.25) is 5.91 Å². The third-order valence-electron chi connectivity index (χ3n) is 1.92. The maximum absolute atomic E-state index is 11.4. The Kier molecular flexibility index (Phi) is 8.33. The fourth-order valence-corrected chi connectivity index (χ4v) is 1.26. The maximum atomic E-state index is 11.4. The van der Waals surface area contributed by atoms with Crippen LogP contribution in [0.15, 0.2) is 0 Å². The molecule has 1 unspecified atom stereocenters. The predicted molar refractivity (Wildman–Crippen MR) is 59.8 cm³/mol. The van der Waals surface area contributed by atoms with Crippen molar-refractivity contribution in [3.63, 3.8) is 0 Å². The third kappa shape index (κ3) is 8.39. The van der Waals surface area contributed by atoms with E-state index in [0.717, 1.165) is 12.8 Å². The van der Waals surface area contributed by atoms with Gasteiger partial charge in [-0.05, 0) is 20.3 Å². The van der Waals surface area contributed by atoms with Crippen LogP contribution in [0.5, 0.6) is 0 Å². The van der Waals surface area contributed by atoms with Gasteiger partial charge in [0.05, 0.1) is 18.8 Å². The SMILES string of the molecule is CCCC(COC)NC(=O)COC(C)C. The first-order valence-electron chi connectivity index (χ1n) is 5.50. The van der Waals surface area contributed by atoms with E-state index in [1.165, 1.54) is 0 Å². The molecule has 0 saturated heterocycles. The first kappa shape index (κ1) is 14.4. The number of carbonyl (C=O) groups excluding carboxylic acids is 1. The lowest BCUT2D eigenvalue weighted by molar-refractivity contribution is -0.128. The van der Waals surface area contributed by atoms with Gasteiger partial charge in [0.1, 0.15) is 6.61 Å². The van der Waals surface area contributed by atoms with Crippen molar-refractivity contribution in [1.29, 1.82) is 0 Å². The second kappa shape index (κ2) is 8.68. The second-order valence-corrected chi connectivity index (χ2v) is 3.87. The number of hydrogen-bond acceptors (Lipinski definition) is 3. The summed E-state index contributed by atoms with van der Waals surface area (Å²) in [6.45, 7) is 6.58. The van der Waals surface area contributed by atoms with Crippen molar-refractivity contribution in [3.05, 3.63) is 0 Å². The summed E-state index contributed by atoms with van der Waals surface area (Å²) in [4.78, 5) is 11.4. The maximum Gasteiger partial charge on any atom is 0.246 e. The van der Waals surface area contributed by atoms with Crippen LogP contribution >= 0.6 is 0 Å². The molecule has 0 aliphatic rings. The van der Waals surface area contributed by atoms with E-state index in [0.29, 0.717) is 6.61 Å². The summed E-state index contributed by atoms with van der Waals surface area (Å²) in [5.74, 6) is -0.0702. The monoisotopic (exact) mass is 217 g/mol. The summed E-state index contributed by atoms with van der Waals surface area (Å²) < 4.78 is 10.2. The van der Waals surface area contributed by atoms with Gasteiger partial charge in [-0.25, -0.2) is 0 Å². The topological polar surface area (TPSA) is 47.6 Å². The minimum absolute atomic E-state index is 0.0702. The standard InChI is InChI=1S/C11H23NO3/c1-5-6-10(7-14-4)12-11(13)8-15-9(2)3/h9-10H,5-8H2,1-4H3,(H,12,13). The highest BCUT2D eigenvalue weighted by atomic mass is 16.5. The molecule has 1 N–H and O–H groups in total. The molecule has 1 atom stereocenters. The molecule has 90 valence electrons. The van der Waals surface area contributed by atoms with Gasteiger partial charge in [-0.3, -0.25) is 4.79 Å². The van der Waals surface area contributed by atoms with Gasteiger partial charge >= 0.3 is 0 Å². The number of nitrogens with one attached hydrogen (secondary N) is 1. The fraction of sp³-hybridized carbons (Fsp3) is 0.909. The molecule has 4 nitrogen and oxygen atoms in total. The molecule has 0 spiro atoms. The molecule has 0 aromatic carbocycles. The Bertz CT molecular complexity index is 165. The third-order valence-corrected chi connectivity index (χ3v) is 1.92. The molecule has 1 amide bonds. The molecule has 0 rings (SSSR count). The van der Waals surface area contributed by atoms with E-state index in [1.54, 1.807) is 7.11 Å². The van der Waals surface area contributed by atoms with E-state index in [2.05, 4.69) is 12.2 Å². The molecule has 0 saturated carbocycles. The van der Waals surface area contributed by atoms with Crippen molar-refractivity contribution >= 4 is 5.91 Å². The molecule has 0 heterocycles. The number of hydrogen-bond donors (Lipinski definition) is 1. The number of carbonyl (C=O) groups is 1. The van der Waals surface area contributed by atoms with Gasteiger partial charge in [-0.2, -0.15) is 0 Å². The van der Waals surface area contributed by atoms with Crippen molar-refractivity contribution in [2.45, 2.75) is 45.8 Å². The first-order valence-corrected chi connectivity index (χ1v) is 5.50. The zero-order valence-electron chi connectivity index (χ0n) is 10.2. The average molecular weight is 217 g/mol. The van der Waals surface area contributed by atoms with Gasteiger partial charge in [0, 0.05) is 7.11 Å². The van der Waals surface area contributed by atoms with Crippen molar-refractivity contribution in [2.24, 2.45) is 0 Å². The van der Waals surface area contributed by atoms with Crippen LogP contribution in [0.2, 0.25) is 0 Å². The van der Waals surface area contributed by atoms with Gasteiger partial charge in [-0.1, -0.05) is 13.3 Å². The van der Waals surface area contributed by atoms with Crippen LogP contribution in [0.25, 0.3) is 0 Å². The number of methoxy groups -OCH3 is 1. The van der Waals surface area contributed by atoms with E-state index in [4.69, 9.17) is 9.47 Å². The largest absolute Gasteiger partial charge is 0.383 e. The van der Waals surface area contributed by atoms with Crippen molar-refractivity contribution in [1.82, 2.24) is 5.32 Å². The summed E-state index contributed by atoms with van der Waals surface area (Å²) in [6, 6.07) is 0.100. The fourth-order valence-electron chi connectivity index (χ4n) is 1.26. The normalized spacial score (nSPS) is 12.9. The van der Waals surface area contributed by atoms with Crippen molar-refractivity contribution < 1.29 is 14.3 Å². The smallest absolute Gasteiger partial charge is 0.246 e. The van der Waals surface area contributed by atoms with Crippen LogP contribution in [-0.2, 0) is 14.3 Å². The second-order valence-electron chi connectivity index (χ2n) is 3.87. The number of amides is 1. The van der Waals surface area contributed by atoms with Gasteiger partial charge < -0.3 is 14.8 Å². The average Bonchev–Trinajstić information content (AvgIpc) is 2.15. The molecule has 0 aromatic rings. The Morgan fingerprint density at radius 1 is 1.40 bits per heavy atom. The molecule has 0 aliphatic heterocycles. The summed E-state index contributed by atoms with van der Waals surface area (Å²) in [7, 11) is 1.64. The van der Waals surface area contributed by atoms with Crippen molar-refractivity contribution in [2.75, 3.05) is 20.3 Å². The molecule has 0 fully saturated rings. The van der Waals surface area contributed by atoms with Crippen LogP contribution in [0.1, 0.15) is 33.6 Å². The Labute approximate surface area is 92.3 Å². The van der Waals surface area contributed by atoms with Gasteiger partial charge in [-0.15, -0.1) is 0 Å². The molecular weight excluding hydrogens is 194 g/mol.